The molecule has 1 aromatic carbocycles. The summed E-state index contributed by atoms with van der Waals surface area (Å²) < 4.78 is 1.01. The summed E-state index contributed by atoms with van der Waals surface area (Å²) in [4.78, 5) is 8.37. The molecule has 2 aromatic rings. The van der Waals surface area contributed by atoms with Crippen LogP contribution in [0.5, 0.6) is 0 Å². The van der Waals surface area contributed by atoms with Gasteiger partial charge in [-0.25, -0.2) is 4.98 Å². The van der Waals surface area contributed by atoms with Crippen LogP contribution in [0.1, 0.15) is 5.56 Å². The molecular formula is C12H13BrN4. The first kappa shape index (κ1) is 11.9. The Balaban J connectivity index is 2.27. The highest BCUT2D eigenvalue weighted by Crippen LogP contribution is 2.26. The number of hydrogen-bond donors (Lipinski definition) is 2. The Kier molecular flexibility index (Phi) is 3.58. The van der Waals surface area contributed by atoms with Crippen LogP contribution in [0.2, 0.25) is 0 Å². The minimum absolute atomic E-state index is 0.596. The first-order valence-corrected chi connectivity index (χ1v) is 6.02. The molecule has 0 aliphatic carbocycles. The van der Waals surface area contributed by atoms with Crippen LogP contribution in [0.25, 0.3) is 0 Å². The SMILES string of the molecule is CNc1nccc(Nc2cc(C)ccc2Br)n1. The fourth-order valence-corrected chi connectivity index (χ4v) is 1.77. The van der Waals surface area contributed by atoms with Crippen molar-refractivity contribution in [2.75, 3.05) is 17.7 Å². The van der Waals surface area contributed by atoms with Gasteiger partial charge in [-0.1, -0.05) is 6.07 Å². The molecule has 2 rings (SSSR count). The van der Waals surface area contributed by atoms with Crippen LogP contribution in [0.15, 0.2) is 34.9 Å². The van der Waals surface area contributed by atoms with Crippen LogP contribution >= 0.6 is 15.9 Å². The van der Waals surface area contributed by atoms with Crippen molar-refractivity contribution in [3.05, 3.63) is 40.5 Å². The van der Waals surface area contributed by atoms with Crippen LogP contribution in [0, 0.1) is 6.92 Å². The van der Waals surface area contributed by atoms with Crippen molar-refractivity contribution in [2.45, 2.75) is 6.92 Å². The van der Waals surface area contributed by atoms with Crippen molar-refractivity contribution < 1.29 is 0 Å². The van der Waals surface area contributed by atoms with E-state index in [4.69, 9.17) is 0 Å². The molecule has 0 atom stereocenters. The van der Waals surface area contributed by atoms with Gasteiger partial charge in [0.2, 0.25) is 5.95 Å². The fourth-order valence-electron chi connectivity index (χ4n) is 1.42. The lowest BCUT2D eigenvalue weighted by Crippen LogP contribution is -2.00. The molecule has 1 heterocycles. The second-order valence-corrected chi connectivity index (χ2v) is 4.48. The number of anilines is 3. The second kappa shape index (κ2) is 5.14. The Hall–Kier alpha value is -1.62. The maximum absolute atomic E-state index is 4.30. The van der Waals surface area contributed by atoms with E-state index in [-0.39, 0.29) is 0 Å². The number of hydrogen-bond acceptors (Lipinski definition) is 4. The summed E-state index contributed by atoms with van der Waals surface area (Å²) in [5.74, 6) is 1.36. The van der Waals surface area contributed by atoms with Crippen LogP contribution in [0.4, 0.5) is 17.5 Å². The van der Waals surface area contributed by atoms with Gasteiger partial charge in [0.15, 0.2) is 0 Å². The van der Waals surface area contributed by atoms with Crippen LogP contribution in [0.3, 0.4) is 0 Å². The van der Waals surface area contributed by atoms with Gasteiger partial charge in [0, 0.05) is 17.7 Å². The van der Waals surface area contributed by atoms with E-state index in [1.165, 1.54) is 5.56 Å². The molecule has 0 spiro atoms. The van der Waals surface area contributed by atoms with E-state index in [0.29, 0.717) is 5.95 Å². The van der Waals surface area contributed by atoms with Gasteiger partial charge in [-0.05, 0) is 46.6 Å². The van der Waals surface area contributed by atoms with Gasteiger partial charge in [-0.2, -0.15) is 4.98 Å². The number of rotatable bonds is 3. The zero-order chi connectivity index (χ0) is 12.3. The molecular weight excluding hydrogens is 280 g/mol. The van der Waals surface area contributed by atoms with Crippen molar-refractivity contribution >= 4 is 33.4 Å². The maximum Gasteiger partial charge on any atom is 0.224 e. The number of halogens is 1. The highest BCUT2D eigenvalue weighted by Gasteiger charge is 2.02. The molecule has 1 aromatic heterocycles. The summed E-state index contributed by atoms with van der Waals surface area (Å²) in [7, 11) is 1.79. The molecule has 0 unspecified atom stereocenters. The third-order valence-electron chi connectivity index (χ3n) is 2.26. The molecule has 5 heteroatoms. The van der Waals surface area contributed by atoms with Crippen LogP contribution in [-0.4, -0.2) is 17.0 Å². The monoisotopic (exact) mass is 292 g/mol. The lowest BCUT2D eigenvalue weighted by molar-refractivity contribution is 1.15. The van der Waals surface area contributed by atoms with Crippen molar-refractivity contribution in [1.82, 2.24) is 9.97 Å². The standard InChI is InChI=1S/C12H13BrN4/c1-8-3-4-9(13)10(7-8)16-11-5-6-15-12(14-2)17-11/h3-7H,1-2H3,(H2,14,15,16,17). The van der Waals surface area contributed by atoms with E-state index in [9.17, 15) is 0 Å². The van der Waals surface area contributed by atoms with E-state index in [1.54, 1.807) is 13.2 Å². The summed E-state index contributed by atoms with van der Waals surface area (Å²) in [6, 6.07) is 7.95. The Morgan fingerprint density at radius 1 is 1.24 bits per heavy atom. The first-order chi connectivity index (χ1) is 8.19. The van der Waals surface area contributed by atoms with Crippen molar-refractivity contribution in [2.24, 2.45) is 0 Å². The number of aryl methyl sites for hydroxylation is 1. The normalized spacial score (nSPS) is 10.1. The van der Waals surface area contributed by atoms with Gasteiger partial charge in [0.05, 0.1) is 5.69 Å². The van der Waals surface area contributed by atoms with E-state index in [0.717, 1.165) is 16.0 Å². The first-order valence-electron chi connectivity index (χ1n) is 5.23. The summed E-state index contributed by atoms with van der Waals surface area (Å²) in [6.07, 6.45) is 1.71. The highest BCUT2D eigenvalue weighted by molar-refractivity contribution is 9.10. The zero-order valence-electron chi connectivity index (χ0n) is 9.66. The quantitative estimate of drug-likeness (QED) is 0.911. The number of benzene rings is 1. The summed E-state index contributed by atoms with van der Waals surface area (Å²) in [5.41, 5.74) is 2.18. The average Bonchev–Trinajstić information content (AvgIpc) is 2.34. The van der Waals surface area contributed by atoms with E-state index in [1.807, 2.05) is 18.2 Å². The summed E-state index contributed by atoms with van der Waals surface area (Å²) in [5, 5.41) is 6.15. The number of nitrogens with zero attached hydrogens (tertiary/aromatic N) is 2. The third-order valence-corrected chi connectivity index (χ3v) is 2.96. The van der Waals surface area contributed by atoms with Crippen molar-refractivity contribution in [3.8, 4) is 0 Å². The van der Waals surface area contributed by atoms with Gasteiger partial charge in [-0.3, -0.25) is 0 Å². The molecule has 0 bridgehead atoms. The second-order valence-electron chi connectivity index (χ2n) is 3.62. The molecule has 0 saturated carbocycles. The molecule has 0 radical (unpaired) electrons. The lowest BCUT2D eigenvalue weighted by Gasteiger charge is -2.09. The molecule has 17 heavy (non-hydrogen) atoms. The molecule has 0 amide bonds. The molecule has 4 nitrogen and oxygen atoms in total. The van der Waals surface area contributed by atoms with Gasteiger partial charge in [-0.15, -0.1) is 0 Å². The Morgan fingerprint density at radius 2 is 2.06 bits per heavy atom. The molecule has 0 aliphatic heterocycles. The average molecular weight is 293 g/mol. The largest absolute Gasteiger partial charge is 0.357 e. The van der Waals surface area contributed by atoms with Gasteiger partial charge in [0.25, 0.3) is 0 Å². The summed E-state index contributed by atoms with van der Waals surface area (Å²) in [6.45, 7) is 2.05. The van der Waals surface area contributed by atoms with Crippen LogP contribution in [-0.2, 0) is 0 Å². The minimum atomic E-state index is 0.596. The number of nitrogens with one attached hydrogen (secondary N) is 2. The Morgan fingerprint density at radius 3 is 2.82 bits per heavy atom. The predicted molar refractivity (Wildman–Crippen MR) is 73.7 cm³/mol. The van der Waals surface area contributed by atoms with Gasteiger partial charge >= 0.3 is 0 Å². The van der Waals surface area contributed by atoms with Crippen molar-refractivity contribution in [3.63, 3.8) is 0 Å². The lowest BCUT2D eigenvalue weighted by atomic mass is 10.2. The predicted octanol–water partition coefficient (Wildman–Crippen LogP) is 3.33. The molecule has 0 saturated heterocycles. The van der Waals surface area contributed by atoms with E-state index >= 15 is 0 Å². The number of aromatic nitrogens is 2. The fraction of sp³-hybridized carbons (Fsp3) is 0.167. The van der Waals surface area contributed by atoms with Crippen LogP contribution < -0.4 is 10.6 Å². The molecule has 0 aliphatic rings. The molecule has 2 N–H and O–H groups in total. The van der Waals surface area contributed by atoms with Crippen molar-refractivity contribution in [1.29, 1.82) is 0 Å². The van der Waals surface area contributed by atoms with Gasteiger partial charge < -0.3 is 10.6 Å². The smallest absolute Gasteiger partial charge is 0.224 e. The Bertz CT molecular complexity index is 528. The Labute approximate surface area is 109 Å². The highest BCUT2D eigenvalue weighted by atomic mass is 79.9. The summed E-state index contributed by atoms with van der Waals surface area (Å²) >= 11 is 3.50. The van der Waals surface area contributed by atoms with Gasteiger partial charge in [0.1, 0.15) is 5.82 Å². The zero-order valence-corrected chi connectivity index (χ0v) is 11.2. The minimum Gasteiger partial charge on any atom is -0.357 e. The topological polar surface area (TPSA) is 49.8 Å². The van der Waals surface area contributed by atoms with E-state index in [2.05, 4.69) is 49.5 Å². The molecule has 88 valence electrons. The van der Waals surface area contributed by atoms with E-state index < -0.39 is 0 Å². The maximum atomic E-state index is 4.30. The molecule has 0 fully saturated rings. The third kappa shape index (κ3) is 2.94.